The first kappa shape index (κ1) is 26.4. The summed E-state index contributed by atoms with van der Waals surface area (Å²) in [4.78, 5) is 12.2. The monoisotopic (exact) mass is 478 g/mol. The molecule has 0 aliphatic heterocycles. The topological polar surface area (TPSA) is 65.0 Å². The molecule has 0 saturated heterocycles. The SMILES string of the molecule is CC[C@H]1C(OCOC)C2C3CC[C@H]([C@H](C)C(O)C(=O)OC)[C@@]3(C)CCC2[C@@]2(C)CC[C@@H](C)C[C@@H]12. The van der Waals surface area contributed by atoms with E-state index in [1.165, 1.54) is 45.6 Å². The third kappa shape index (κ3) is 4.06. The molecular weight excluding hydrogens is 428 g/mol. The highest BCUT2D eigenvalue weighted by molar-refractivity contribution is 5.74. The molecule has 0 spiro atoms. The van der Waals surface area contributed by atoms with Crippen molar-refractivity contribution in [1.29, 1.82) is 0 Å². The summed E-state index contributed by atoms with van der Waals surface area (Å²) in [5.41, 5.74) is 0.509. The van der Waals surface area contributed by atoms with Gasteiger partial charge < -0.3 is 19.3 Å². The van der Waals surface area contributed by atoms with Crippen molar-refractivity contribution < 1.29 is 24.1 Å². The van der Waals surface area contributed by atoms with Crippen molar-refractivity contribution >= 4 is 5.97 Å². The minimum atomic E-state index is -1.04. The van der Waals surface area contributed by atoms with Crippen LogP contribution in [0, 0.1) is 58.2 Å². The molecule has 0 radical (unpaired) electrons. The molecular formula is C29H50O5. The second kappa shape index (κ2) is 10.0. The molecule has 196 valence electrons. The molecule has 34 heavy (non-hydrogen) atoms. The van der Waals surface area contributed by atoms with Crippen LogP contribution in [0.1, 0.15) is 86.0 Å². The second-order valence-corrected chi connectivity index (χ2v) is 12.9. The fraction of sp³-hybridized carbons (Fsp3) is 0.966. The maximum atomic E-state index is 12.2. The van der Waals surface area contributed by atoms with E-state index in [4.69, 9.17) is 14.2 Å². The van der Waals surface area contributed by atoms with E-state index in [0.717, 1.165) is 24.7 Å². The van der Waals surface area contributed by atoms with Crippen LogP contribution in [-0.4, -0.2) is 44.3 Å². The van der Waals surface area contributed by atoms with Crippen molar-refractivity contribution in [2.75, 3.05) is 21.0 Å². The summed E-state index contributed by atoms with van der Waals surface area (Å²) >= 11 is 0. The fourth-order valence-electron chi connectivity index (χ4n) is 9.98. The molecule has 12 atom stereocenters. The lowest BCUT2D eigenvalue weighted by Gasteiger charge is -2.65. The Labute approximate surface area is 207 Å². The number of carbonyl (C=O) groups excluding carboxylic acids is 1. The average molecular weight is 479 g/mol. The van der Waals surface area contributed by atoms with Crippen molar-refractivity contribution in [2.24, 2.45) is 58.2 Å². The molecule has 5 nitrogen and oxygen atoms in total. The van der Waals surface area contributed by atoms with Crippen LogP contribution in [-0.2, 0) is 19.0 Å². The van der Waals surface area contributed by atoms with Gasteiger partial charge in [0.15, 0.2) is 6.10 Å². The Morgan fingerprint density at radius 2 is 1.71 bits per heavy atom. The van der Waals surface area contributed by atoms with Gasteiger partial charge in [-0.1, -0.05) is 47.5 Å². The van der Waals surface area contributed by atoms with Crippen LogP contribution >= 0.6 is 0 Å². The molecule has 4 aliphatic rings. The predicted octanol–water partition coefficient (Wildman–Crippen LogP) is 5.69. The van der Waals surface area contributed by atoms with Gasteiger partial charge in [0, 0.05) is 7.11 Å². The number of aliphatic hydroxyl groups excluding tert-OH is 1. The van der Waals surface area contributed by atoms with Crippen molar-refractivity contribution in [3.8, 4) is 0 Å². The van der Waals surface area contributed by atoms with Gasteiger partial charge in [0.05, 0.1) is 13.2 Å². The standard InChI is InChI=1S/C29H50O5/c1-8-19-23-15-17(2)11-13-29(23,5)22-12-14-28(4)20(18(3)25(30)27(31)33-7)9-10-21(28)24(22)26(19)34-16-32-6/h17-26,30H,8-16H2,1-7H3/t17-,18+,19-,20-,21?,22?,23+,24?,25?,26?,28-,29-/m1/s1. The van der Waals surface area contributed by atoms with Crippen molar-refractivity contribution in [1.82, 2.24) is 0 Å². The first-order valence-corrected chi connectivity index (χ1v) is 14.0. The predicted molar refractivity (Wildman–Crippen MR) is 133 cm³/mol. The van der Waals surface area contributed by atoms with Gasteiger partial charge in [-0.3, -0.25) is 0 Å². The summed E-state index contributed by atoms with van der Waals surface area (Å²) in [7, 11) is 3.11. The van der Waals surface area contributed by atoms with Crippen LogP contribution < -0.4 is 0 Å². The van der Waals surface area contributed by atoms with E-state index in [1.54, 1.807) is 7.11 Å². The summed E-state index contributed by atoms with van der Waals surface area (Å²) in [6, 6.07) is 0. The molecule has 1 N–H and O–H groups in total. The number of aliphatic hydroxyl groups is 1. The van der Waals surface area contributed by atoms with E-state index < -0.39 is 12.1 Å². The quantitative estimate of drug-likeness (QED) is 0.376. The van der Waals surface area contributed by atoms with Gasteiger partial charge in [0.1, 0.15) is 6.79 Å². The van der Waals surface area contributed by atoms with Gasteiger partial charge >= 0.3 is 5.97 Å². The smallest absolute Gasteiger partial charge is 0.334 e. The van der Waals surface area contributed by atoms with Crippen LogP contribution in [0.4, 0.5) is 0 Å². The number of methoxy groups -OCH3 is 2. The number of hydrogen-bond acceptors (Lipinski definition) is 5. The zero-order valence-corrected chi connectivity index (χ0v) is 22.7. The molecule has 4 rings (SSSR count). The summed E-state index contributed by atoms with van der Waals surface area (Å²) < 4.78 is 17.0. The summed E-state index contributed by atoms with van der Waals surface area (Å²) in [5, 5.41) is 10.7. The largest absolute Gasteiger partial charge is 0.467 e. The van der Waals surface area contributed by atoms with E-state index in [2.05, 4.69) is 34.6 Å². The van der Waals surface area contributed by atoms with Gasteiger partial charge in [-0.2, -0.15) is 0 Å². The minimum absolute atomic E-state index is 0.0956. The first-order valence-electron chi connectivity index (χ1n) is 14.0. The highest BCUT2D eigenvalue weighted by atomic mass is 16.7. The van der Waals surface area contributed by atoms with E-state index in [9.17, 15) is 9.90 Å². The maximum absolute atomic E-state index is 12.2. The van der Waals surface area contributed by atoms with Gasteiger partial charge in [0.2, 0.25) is 0 Å². The number of hydrogen-bond donors (Lipinski definition) is 1. The van der Waals surface area contributed by atoms with Gasteiger partial charge in [0.25, 0.3) is 0 Å². The molecule has 4 aliphatic carbocycles. The molecule has 5 heteroatoms. The van der Waals surface area contributed by atoms with E-state index in [1.807, 2.05) is 0 Å². The lowest BCUT2D eigenvalue weighted by Crippen LogP contribution is -2.62. The number of ether oxygens (including phenoxy) is 3. The van der Waals surface area contributed by atoms with E-state index in [0.29, 0.717) is 41.8 Å². The van der Waals surface area contributed by atoms with Crippen molar-refractivity contribution in [2.45, 2.75) is 98.2 Å². The number of rotatable bonds is 7. The molecule has 0 aromatic rings. The molecule has 0 heterocycles. The summed E-state index contributed by atoms with van der Waals surface area (Å²) in [6.07, 6.45) is 9.05. The number of carbonyl (C=O) groups is 1. The Morgan fingerprint density at radius 3 is 2.35 bits per heavy atom. The fourth-order valence-corrected chi connectivity index (χ4v) is 9.98. The van der Waals surface area contributed by atoms with E-state index in [-0.39, 0.29) is 17.4 Å². The first-order chi connectivity index (χ1) is 16.1. The zero-order valence-electron chi connectivity index (χ0n) is 22.7. The average Bonchev–Trinajstić information content (AvgIpc) is 3.18. The minimum Gasteiger partial charge on any atom is -0.467 e. The summed E-state index contributed by atoms with van der Waals surface area (Å²) in [6.45, 7) is 12.3. The lowest BCUT2D eigenvalue weighted by atomic mass is 9.41. The van der Waals surface area contributed by atoms with E-state index >= 15 is 0 Å². The number of fused-ring (bicyclic) bond motifs is 5. The Bertz CT molecular complexity index is 725. The maximum Gasteiger partial charge on any atom is 0.334 e. The highest BCUT2D eigenvalue weighted by Crippen LogP contribution is 2.70. The molecule has 0 aromatic carbocycles. The highest BCUT2D eigenvalue weighted by Gasteiger charge is 2.65. The summed E-state index contributed by atoms with van der Waals surface area (Å²) in [5.74, 6) is 3.62. The van der Waals surface area contributed by atoms with Gasteiger partial charge in [-0.15, -0.1) is 0 Å². The Balaban J connectivity index is 1.69. The normalized spacial score (nSPS) is 47.8. The Kier molecular flexibility index (Phi) is 7.78. The third-order valence-corrected chi connectivity index (χ3v) is 11.7. The van der Waals surface area contributed by atoms with Crippen molar-refractivity contribution in [3.05, 3.63) is 0 Å². The molecule has 0 aromatic heterocycles. The van der Waals surface area contributed by atoms with Gasteiger partial charge in [-0.05, 0) is 96.7 Å². The number of esters is 1. The Morgan fingerprint density at radius 1 is 1.03 bits per heavy atom. The van der Waals surface area contributed by atoms with Crippen LogP contribution in [0.25, 0.3) is 0 Å². The molecule has 4 saturated carbocycles. The second-order valence-electron chi connectivity index (χ2n) is 12.9. The molecule has 5 unspecified atom stereocenters. The molecule has 0 amide bonds. The molecule has 0 bridgehead atoms. The van der Waals surface area contributed by atoms with Crippen LogP contribution in [0.2, 0.25) is 0 Å². The molecule has 4 fully saturated rings. The third-order valence-electron chi connectivity index (χ3n) is 11.7. The van der Waals surface area contributed by atoms with Crippen molar-refractivity contribution in [3.63, 3.8) is 0 Å². The lowest BCUT2D eigenvalue weighted by molar-refractivity contribution is -0.232. The van der Waals surface area contributed by atoms with Crippen LogP contribution in [0.3, 0.4) is 0 Å². The van der Waals surface area contributed by atoms with Crippen LogP contribution in [0.5, 0.6) is 0 Å². The Hall–Kier alpha value is -0.650. The zero-order chi connectivity index (χ0) is 24.8. The van der Waals surface area contributed by atoms with Gasteiger partial charge in [-0.25, -0.2) is 4.79 Å². The van der Waals surface area contributed by atoms with Crippen LogP contribution in [0.15, 0.2) is 0 Å².